The van der Waals surface area contributed by atoms with Crippen LogP contribution in [-0.4, -0.2) is 27.1 Å². The van der Waals surface area contributed by atoms with Crippen molar-refractivity contribution >= 4 is 22.8 Å². The van der Waals surface area contributed by atoms with Gasteiger partial charge in [0.1, 0.15) is 0 Å². The zero-order valence-electron chi connectivity index (χ0n) is 8.88. The largest absolute Gasteiger partial charge is 0.481 e. The lowest BCUT2D eigenvalue weighted by molar-refractivity contribution is -0.154. The predicted octanol–water partition coefficient (Wildman–Crippen LogP) is 1.50. The lowest BCUT2D eigenvalue weighted by atomic mass is 9.99. The SMILES string of the molecule is O=C(O)C(Cc1c[nH]c2ccccc12)C(=O)O. The molecule has 5 heteroatoms. The van der Waals surface area contributed by atoms with Gasteiger partial charge in [0.05, 0.1) is 0 Å². The molecule has 0 bridgehead atoms. The second-order valence-corrected chi connectivity index (χ2v) is 3.79. The number of carboxylic acids is 2. The monoisotopic (exact) mass is 233 g/mol. The van der Waals surface area contributed by atoms with E-state index in [0.29, 0.717) is 5.56 Å². The summed E-state index contributed by atoms with van der Waals surface area (Å²) >= 11 is 0. The molecule has 0 saturated heterocycles. The van der Waals surface area contributed by atoms with Crippen LogP contribution in [0.1, 0.15) is 5.56 Å². The molecule has 0 atom stereocenters. The second kappa shape index (κ2) is 4.29. The van der Waals surface area contributed by atoms with E-state index in [1.165, 1.54) is 0 Å². The maximum atomic E-state index is 10.8. The lowest BCUT2D eigenvalue weighted by Gasteiger charge is -2.05. The Morgan fingerprint density at radius 3 is 2.47 bits per heavy atom. The molecule has 0 saturated carbocycles. The smallest absolute Gasteiger partial charge is 0.318 e. The van der Waals surface area contributed by atoms with Gasteiger partial charge in [0, 0.05) is 17.1 Å². The van der Waals surface area contributed by atoms with E-state index in [1.807, 2.05) is 24.3 Å². The highest BCUT2D eigenvalue weighted by atomic mass is 16.4. The molecule has 2 rings (SSSR count). The van der Waals surface area contributed by atoms with Crippen LogP contribution in [0.4, 0.5) is 0 Å². The summed E-state index contributed by atoms with van der Waals surface area (Å²) < 4.78 is 0. The normalized spacial score (nSPS) is 10.9. The van der Waals surface area contributed by atoms with Crippen LogP contribution in [0, 0.1) is 5.92 Å². The zero-order valence-corrected chi connectivity index (χ0v) is 8.88. The fourth-order valence-corrected chi connectivity index (χ4v) is 1.80. The summed E-state index contributed by atoms with van der Waals surface area (Å²) in [7, 11) is 0. The molecule has 1 aromatic carbocycles. The Morgan fingerprint density at radius 2 is 1.82 bits per heavy atom. The molecule has 0 aliphatic carbocycles. The molecule has 0 unspecified atom stereocenters. The topological polar surface area (TPSA) is 90.4 Å². The van der Waals surface area contributed by atoms with E-state index < -0.39 is 17.9 Å². The Balaban J connectivity index is 2.35. The van der Waals surface area contributed by atoms with Crippen LogP contribution in [0.2, 0.25) is 0 Å². The lowest BCUT2D eigenvalue weighted by Crippen LogP contribution is -2.25. The first-order valence-electron chi connectivity index (χ1n) is 5.10. The van der Waals surface area contributed by atoms with Gasteiger partial charge in [-0.2, -0.15) is 0 Å². The summed E-state index contributed by atoms with van der Waals surface area (Å²) in [6.07, 6.45) is 1.64. The number of carboxylic acid groups (broad SMARTS) is 2. The minimum Gasteiger partial charge on any atom is -0.481 e. The van der Waals surface area contributed by atoms with Crippen molar-refractivity contribution in [1.82, 2.24) is 4.98 Å². The molecule has 1 heterocycles. The molecular weight excluding hydrogens is 222 g/mol. The Bertz CT molecular complexity index is 559. The minimum atomic E-state index is -1.41. The summed E-state index contributed by atoms with van der Waals surface area (Å²) in [6.45, 7) is 0. The number of rotatable bonds is 4. The number of benzene rings is 1. The molecule has 5 nitrogen and oxygen atoms in total. The molecule has 0 aliphatic heterocycles. The van der Waals surface area contributed by atoms with Crippen LogP contribution >= 0.6 is 0 Å². The maximum Gasteiger partial charge on any atom is 0.318 e. The van der Waals surface area contributed by atoms with Crippen molar-refractivity contribution in [3.8, 4) is 0 Å². The first kappa shape index (κ1) is 11.2. The first-order chi connectivity index (χ1) is 8.09. The molecule has 17 heavy (non-hydrogen) atoms. The average Bonchev–Trinajstić information content (AvgIpc) is 2.68. The maximum absolute atomic E-state index is 10.8. The van der Waals surface area contributed by atoms with Crippen molar-refractivity contribution in [3.05, 3.63) is 36.0 Å². The van der Waals surface area contributed by atoms with Gasteiger partial charge in [-0.15, -0.1) is 0 Å². The van der Waals surface area contributed by atoms with Gasteiger partial charge in [-0.05, 0) is 18.1 Å². The van der Waals surface area contributed by atoms with Crippen molar-refractivity contribution in [2.24, 2.45) is 5.92 Å². The van der Waals surface area contributed by atoms with E-state index >= 15 is 0 Å². The number of H-pyrrole nitrogens is 1. The summed E-state index contributed by atoms with van der Waals surface area (Å²) in [5.41, 5.74) is 1.58. The van der Waals surface area contributed by atoms with Crippen molar-refractivity contribution in [3.63, 3.8) is 0 Å². The van der Waals surface area contributed by atoms with Crippen LogP contribution in [0.15, 0.2) is 30.5 Å². The number of aromatic nitrogens is 1. The average molecular weight is 233 g/mol. The standard InChI is InChI=1S/C12H11NO4/c14-11(15)9(12(16)17)5-7-6-13-10-4-2-1-3-8(7)10/h1-4,6,9,13H,5H2,(H,14,15)(H,16,17). The summed E-state index contributed by atoms with van der Waals surface area (Å²) in [4.78, 5) is 24.6. The van der Waals surface area contributed by atoms with Gasteiger partial charge in [-0.25, -0.2) is 0 Å². The van der Waals surface area contributed by atoms with Gasteiger partial charge < -0.3 is 15.2 Å². The summed E-state index contributed by atoms with van der Waals surface area (Å²) in [5, 5.41) is 18.5. The molecule has 1 aromatic heterocycles. The Kier molecular flexibility index (Phi) is 2.82. The third kappa shape index (κ3) is 2.13. The number of aliphatic carboxylic acids is 2. The third-order valence-electron chi connectivity index (χ3n) is 2.70. The first-order valence-corrected chi connectivity index (χ1v) is 5.10. The Labute approximate surface area is 96.7 Å². The molecule has 0 fully saturated rings. The van der Waals surface area contributed by atoms with Gasteiger partial charge in [0.15, 0.2) is 5.92 Å². The molecule has 0 amide bonds. The van der Waals surface area contributed by atoms with Crippen molar-refractivity contribution in [2.75, 3.05) is 0 Å². The van der Waals surface area contributed by atoms with E-state index in [4.69, 9.17) is 10.2 Å². The van der Waals surface area contributed by atoms with Gasteiger partial charge in [-0.3, -0.25) is 9.59 Å². The van der Waals surface area contributed by atoms with Crippen LogP contribution < -0.4 is 0 Å². The Morgan fingerprint density at radius 1 is 1.18 bits per heavy atom. The van der Waals surface area contributed by atoms with Gasteiger partial charge in [0.25, 0.3) is 0 Å². The number of aromatic amines is 1. The fraction of sp³-hybridized carbons (Fsp3) is 0.167. The quantitative estimate of drug-likeness (QED) is 0.698. The number of nitrogens with one attached hydrogen (secondary N) is 1. The molecule has 3 N–H and O–H groups in total. The number of carbonyl (C=O) groups is 2. The number of hydrogen-bond acceptors (Lipinski definition) is 2. The van der Waals surface area contributed by atoms with Crippen molar-refractivity contribution < 1.29 is 19.8 Å². The highest BCUT2D eigenvalue weighted by Crippen LogP contribution is 2.21. The molecule has 0 spiro atoms. The highest BCUT2D eigenvalue weighted by Gasteiger charge is 2.26. The van der Waals surface area contributed by atoms with Crippen LogP contribution in [0.3, 0.4) is 0 Å². The molecule has 0 radical (unpaired) electrons. The van der Waals surface area contributed by atoms with E-state index in [0.717, 1.165) is 10.9 Å². The van der Waals surface area contributed by atoms with Crippen molar-refractivity contribution in [2.45, 2.75) is 6.42 Å². The highest BCUT2D eigenvalue weighted by molar-refractivity contribution is 5.94. The van der Waals surface area contributed by atoms with E-state index in [2.05, 4.69) is 4.98 Å². The number of fused-ring (bicyclic) bond motifs is 1. The van der Waals surface area contributed by atoms with Gasteiger partial charge in [-0.1, -0.05) is 18.2 Å². The minimum absolute atomic E-state index is 0.0192. The van der Waals surface area contributed by atoms with E-state index in [9.17, 15) is 9.59 Å². The van der Waals surface area contributed by atoms with Crippen LogP contribution in [0.25, 0.3) is 10.9 Å². The predicted molar refractivity (Wildman–Crippen MR) is 60.8 cm³/mol. The summed E-state index contributed by atoms with van der Waals surface area (Å²) in [5.74, 6) is -4.04. The second-order valence-electron chi connectivity index (χ2n) is 3.79. The van der Waals surface area contributed by atoms with Gasteiger partial charge in [0.2, 0.25) is 0 Å². The molecule has 88 valence electrons. The number of hydrogen-bond donors (Lipinski definition) is 3. The van der Waals surface area contributed by atoms with E-state index in [1.54, 1.807) is 6.20 Å². The Hall–Kier alpha value is -2.30. The third-order valence-corrected chi connectivity index (χ3v) is 2.70. The molecule has 2 aromatic rings. The summed E-state index contributed by atoms with van der Waals surface area (Å²) in [6, 6.07) is 7.38. The molecular formula is C12H11NO4. The van der Waals surface area contributed by atoms with Crippen LogP contribution in [0.5, 0.6) is 0 Å². The molecule has 0 aliphatic rings. The van der Waals surface area contributed by atoms with E-state index in [-0.39, 0.29) is 6.42 Å². The van der Waals surface area contributed by atoms with Crippen LogP contribution in [-0.2, 0) is 16.0 Å². The fourth-order valence-electron chi connectivity index (χ4n) is 1.80. The van der Waals surface area contributed by atoms with Gasteiger partial charge >= 0.3 is 11.9 Å². The zero-order chi connectivity index (χ0) is 12.4. The van der Waals surface area contributed by atoms with Crippen molar-refractivity contribution in [1.29, 1.82) is 0 Å². The number of para-hydroxylation sites is 1.